The Bertz CT molecular complexity index is 351. The fourth-order valence-electron chi connectivity index (χ4n) is 2.51. The van der Waals surface area contributed by atoms with Crippen molar-refractivity contribution in [1.82, 2.24) is 9.80 Å². The molecule has 6 heteroatoms. The van der Waals surface area contributed by atoms with Gasteiger partial charge in [-0.1, -0.05) is 0 Å². The normalized spacial score (nSPS) is 27.8. The number of likely N-dealkylation sites (tertiary alicyclic amines) is 2. The van der Waals surface area contributed by atoms with E-state index in [1.807, 2.05) is 4.90 Å². The van der Waals surface area contributed by atoms with E-state index in [2.05, 4.69) is 0 Å². The average Bonchev–Trinajstić information content (AvgIpc) is 2.15. The third kappa shape index (κ3) is 3.35. The number of piperidine rings is 1. The van der Waals surface area contributed by atoms with Crippen molar-refractivity contribution in [2.45, 2.75) is 51.2 Å². The molecule has 0 spiro atoms. The van der Waals surface area contributed by atoms with E-state index in [1.54, 1.807) is 20.8 Å². The molecule has 0 radical (unpaired) electrons. The van der Waals surface area contributed by atoms with E-state index in [9.17, 15) is 13.6 Å². The Hall–Kier alpha value is -0.910. The molecule has 0 saturated carbocycles. The van der Waals surface area contributed by atoms with Gasteiger partial charge in [-0.15, -0.1) is 0 Å². The summed E-state index contributed by atoms with van der Waals surface area (Å²) in [6.07, 6.45) is 0.656. The van der Waals surface area contributed by atoms with Gasteiger partial charge in [-0.25, -0.2) is 13.6 Å². The van der Waals surface area contributed by atoms with E-state index in [-0.39, 0.29) is 0 Å². The Balaban J connectivity index is 1.95. The van der Waals surface area contributed by atoms with E-state index in [4.69, 9.17) is 4.74 Å². The van der Waals surface area contributed by atoms with Crippen LogP contribution >= 0.6 is 0 Å². The third-order valence-electron chi connectivity index (χ3n) is 3.54. The number of carbonyl (C=O) groups is 1. The maximum absolute atomic E-state index is 14.1. The van der Waals surface area contributed by atoms with Gasteiger partial charge in [0, 0.05) is 6.54 Å². The minimum absolute atomic E-state index is 0.312. The fraction of sp³-hybridized carbons (Fsp3) is 0.923. The van der Waals surface area contributed by atoms with Crippen molar-refractivity contribution in [3.8, 4) is 0 Å². The molecule has 2 aliphatic heterocycles. The number of halogens is 2. The van der Waals surface area contributed by atoms with E-state index >= 15 is 0 Å². The molecule has 2 saturated heterocycles. The van der Waals surface area contributed by atoms with Crippen LogP contribution in [0.3, 0.4) is 0 Å². The first-order valence-electron chi connectivity index (χ1n) is 6.79. The second-order valence-electron chi connectivity index (χ2n) is 6.36. The van der Waals surface area contributed by atoms with Crippen LogP contribution in [0, 0.1) is 0 Å². The zero-order chi connectivity index (χ0) is 14.3. The molecule has 2 heterocycles. The van der Waals surface area contributed by atoms with Crippen LogP contribution in [0.5, 0.6) is 0 Å². The Morgan fingerprint density at radius 1 is 1.26 bits per heavy atom. The molecular formula is C13H22F2N2O2. The second kappa shape index (κ2) is 4.89. The highest BCUT2D eigenvalue weighted by Crippen LogP contribution is 2.34. The van der Waals surface area contributed by atoms with Gasteiger partial charge < -0.3 is 9.64 Å². The minimum Gasteiger partial charge on any atom is -0.444 e. The van der Waals surface area contributed by atoms with E-state index in [0.29, 0.717) is 13.0 Å². The van der Waals surface area contributed by atoms with Crippen molar-refractivity contribution in [2.75, 3.05) is 26.2 Å². The van der Waals surface area contributed by atoms with Crippen molar-refractivity contribution in [3.05, 3.63) is 0 Å². The number of ether oxygens (including phenoxy) is 1. The molecule has 0 aliphatic carbocycles. The first-order chi connectivity index (χ1) is 8.69. The standard InChI is InChI=1S/C13H22F2N2O2/c1-12(2,3)19-11(18)17-8-5-10(13(14,15)9-17)16-6-4-7-16/h10H,4-9H2,1-3H3. The summed E-state index contributed by atoms with van der Waals surface area (Å²) in [5.74, 6) is -2.85. The molecule has 0 aromatic rings. The smallest absolute Gasteiger partial charge is 0.410 e. The summed E-state index contributed by atoms with van der Waals surface area (Å²) >= 11 is 0. The molecule has 110 valence electrons. The Morgan fingerprint density at radius 3 is 2.32 bits per heavy atom. The molecule has 1 amide bonds. The van der Waals surface area contributed by atoms with Crippen LogP contribution in [-0.4, -0.2) is 59.6 Å². The molecule has 1 atom stereocenters. The Kier molecular flexibility index (Phi) is 3.73. The Labute approximate surface area is 112 Å². The van der Waals surface area contributed by atoms with Crippen molar-refractivity contribution in [3.63, 3.8) is 0 Å². The summed E-state index contributed by atoms with van der Waals surface area (Å²) in [7, 11) is 0. The van der Waals surface area contributed by atoms with Gasteiger partial charge in [-0.3, -0.25) is 4.90 Å². The lowest BCUT2D eigenvalue weighted by Gasteiger charge is -2.46. The molecule has 2 aliphatic rings. The molecule has 2 fully saturated rings. The number of amides is 1. The highest BCUT2D eigenvalue weighted by molar-refractivity contribution is 5.68. The van der Waals surface area contributed by atoms with Crippen LogP contribution in [0.15, 0.2) is 0 Å². The van der Waals surface area contributed by atoms with Crippen LogP contribution in [0.2, 0.25) is 0 Å². The van der Waals surface area contributed by atoms with E-state index in [1.165, 1.54) is 0 Å². The van der Waals surface area contributed by atoms with Gasteiger partial charge in [0.2, 0.25) is 0 Å². The molecule has 0 N–H and O–H groups in total. The average molecular weight is 276 g/mol. The quantitative estimate of drug-likeness (QED) is 0.737. The summed E-state index contributed by atoms with van der Waals surface area (Å²) in [5.41, 5.74) is -0.652. The fourth-order valence-corrected chi connectivity index (χ4v) is 2.51. The highest BCUT2D eigenvalue weighted by atomic mass is 19.3. The number of hydrogen-bond acceptors (Lipinski definition) is 3. The van der Waals surface area contributed by atoms with Crippen LogP contribution in [-0.2, 0) is 4.74 Å². The largest absolute Gasteiger partial charge is 0.444 e. The molecule has 1 unspecified atom stereocenters. The lowest BCUT2D eigenvalue weighted by molar-refractivity contribution is -0.137. The topological polar surface area (TPSA) is 32.8 Å². The summed E-state index contributed by atoms with van der Waals surface area (Å²) in [6.45, 7) is 6.48. The third-order valence-corrected chi connectivity index (χ3v) is 3.54. The number of carbonyl (C=O) groups excluding carboxylic acids is 1. The zero-order valence-corrected chi connectivity index (χ0v) is 11.8. The number of nitrogens with zero attached hydrogens (tertiary/aromatic N) is 2. The van der Waals surface area contributed by atoms with Crippen LogP contribution < -0.4 is 0 Å². The lowest BCUT2D eigenvalue weighted by atomic mass is 9.96. The van der Waals surface area contributed by atoms with Crippen molar-refractivity contribution in [1.29, 1.82) is 0 Å². The predicted molar refractivity (Wildman–Crippen MR) is 67.3 cm³/mol. The number of alkyl halides is 2. The first kappa shape index (κ1) is 14.5. The van der Waals surface area contributed by atoms with Gasteiger partial charge in [0.25, 0.3) is 5.92 Å². The molecule has 19 heavy (non-hydrogen) atoms. The predicted octanol–water partition coefficient (Wildman–Crippen LogP) is 2.34. The maximum Gasteiger partial charge on any atom is 0.410 e. The van der Waals surface area contributed by atoms with Crippen molar-refractivity contribution in [2.24, 2.45) is 0 Å². The monoisotopic (exact) mass is 276 g/mol. The number of hydrogen-bond donors (Lipinski definition) is 0. The van der Waals surface area contributed by atoms with Crippen molar-refractivity contribution < 1.29 is 18.3 Å². The van der Waals surface area contributed by atoms with Crippen LogP contribution in [0.4, 0.5) is 13.6 Å². The van der Waals surface area contributed by atoms with Gasteiger partial charge in [0.15, 0.2) is 0 Å². The van der Waals surface area contributed by atoms with E-state index < -0.39 is 30.2 Å². The van der Waals surface area contributed by atoms with Gasteiger partial charge in [0.1, 0.15) is 5.60 Å². The van der Waals surface area contributed by atoms with Crippen LogP contribution in [0.1, 0.15) is 33.6 Å². The molecular weight excluding hydrogens is 254 g/mol. The summed E-state index contributed by atoms with van der Waals surface area (Å²) in [6, 6.07) is -0.722. The summed E-state index contributed by atoms with van der Waals surface area (Å²) < 4.78 is 33.3. The van der Waals surface area contributed by atoms with Gasteiger partial charge in [-0.2, -0.15) is 0 Å². The first-order valence-corrected chi connectivity index (χ1v) is 6.79. The maximum atomic E-state index is 14.1. The Morgan fingerprint density at radius 2 is 1.89 bits per heavy atom. The zero-order valence-electron chi connectivity index (χ0n) is 11.8. The van der Waals surface area contributed by atoms with Crippen LogP contribution in [0.25, 0.3) is 0 Å². The van der Waals surface area contributed by atoms with Gasteiger partial charge in [0.05, 0.1) is 12.6 Å². The molecule has 4 nitrogen and oxygen atoms in total. The minimum atomic E-state index is -2.85. The summed E-state index contributed by atoms with van der Waals surface area (Å²) in [5, 5.41) is 0. The molecule has 2 rings (SSSR count). The summed E-state index contributed by atoms with van der Waals surface area (Å²) in [4.78, 5) is 14.8. The molecule has 0 aromatic carbocycles. The second-order valence-corrected chi connectivity index (χ2v) is 6.36. The highest BCUT2D eigenvalue weighted by Gasteiger charge is 2.50. The van der Waals surface area contributed by atoms with Gasteiger partial charge in [-0.05, 0) is 46.7 Å². The lowest BCUT2D eigenvalue weighted by Crippen LogP contribution is -2.62. The SMILES string of the molecule is CC(C)(C)OC(=O)N1CCC(N2CCC2)C(F)(F)C1. The number of rotatable bonds is 1. The molecule has 0 bridgehead atoms. The van der Waals surface area contributed by atoms with Crippen molar-refractivity contribution >= 4 is 6.09 Å². The van der Waals surface area contributed by atoms with E-state index in [0.717, 1.165) is 24.4 Å². The van der Waals surface area contributed by atoms with Gasteiger partial charge >= 0.3 is 6.09 Å². The molecule has 0 aromatic heterocycles.